The maximum atomic E-state index is 10.9. The number of anilines is 1. The Bertz CT molecular complexity index is 586. The lowest BCUT2D eigenvalue weighted by molar-refractivity contribution is -0.384. The molecule has 17 heavy (non-hydrogen) atoms. The molecule has 0 radical (unpaired) electrons. The number of aromatic nitrogens is 1. The van der Waals surface area contributed by atoms with Crippen molar-refractivity contribution in [3.63, 3.8) is 0 Å². The Hall–Kier alpha value is -1.44. The average molecular weight is 343 g/mol. The second-order valence-electron chi connectivity index (χ2n) is 3.47. The molecule has 0 atom stereocenters. The number of benzene rings is 1. The highest BCUT2D eigenvalue weighted by Gasteiger charge is 2.17. The molecule has 1 N–H and O–H groups in total. The molecule has 0 spiro atoms. The highest BCUT2D eigenvalue weighted by Crippen LogP contribution is 2.32. The van der Waals surface area contributed by atoms with Gasteiger partial charge >= 0.3 is 5.69 Å². The molecule has 6 heteroatoms. The molecule has 2 rings (SSSR count). The summed E-state index contributed by atoms with van der Waals surface area (Å²) in [5, 5.41) is 14.8. The quantitative estimate of drug-likeness (QED) is 0.528. The first-order valence-corrected chi connectivity index (χ1v) is 6.18. The molecule has 0 aliphatic rings. The topological polar surface area (TPSA) is 68.1 Å². The number of rotatable bonds is 3. The molecule has 1 heterocycles. The molecule has 1 aromatic heterocycles. The van der Waals surface area contributed by atoms with Gasteiger partial charge in [0.2, 0.25) is 0 Å². The maximum absolute atomic E-state index is 10.9. The number of nitrogens with one attached hydrogen (secondary N) is 1. The summed E-state index contributed by atoms with van der Waals surface area (Å²) in [5.74, 6) is 0. The van der Waals surface area contributed by atoms with E-state index in [2.05, 4.69) is 32.9 Å². The molecule has 0 fully saturated rings. The van der Waals surface area contributed by atoms with Gasteiger partial charge in [-0.2, -0.15) is 0 Å². The highest BCUT2D eigenvalue weighted by molar-refractivity contribution is 14.1. The SMILES string of the molecule is CCNc1c([N+](=O)[O-])cnc2ccc(I)cc12. The zero-order valence-electron chi connectivity index (χ0n) is 9.11. The van der Waals surface area contributed by atoms with E-state index in [9.17, 15) is 10.1 Å². The van der Waals surface area contributed by atoms with Crippen LogP contribution in [0, 0.1) is 13.7 Å². The molecule has 1 aromatic carbocycles. The minimum absolute atomic E-state index is 0.0151. The molecule has 0 aliphatic carbocycles. The highest BCUT2D eigenvalue weighted by atomic mass is 127. The second-order valence-corrected chi connectivity index (χ2v) is 4.71. The molecule has 0 bridgehead atoms. The minimum Gasteiger partial charge on any atom is -0.379 e. The predicted molar refractivity (Wildman–Crippen MR) is 75.3 cm³/mol. The van der Waals surface area contributed by atoms with Crippen molar-refractivity contribution in [1.82, 2.24) is 4.98 Å². The standard InChI is InChI=1S/C11H10IN3O2/c1-2-13-11-8-5-7(12)3-4-9(8)14-6-10(11)15(16)17/h3-6H,2H2,1H3,(H,13,14). The Kier molecular flexibility index (Phi) is 3.41. The number of halogens is 1. The first-order chi connectivity index (χ1) is 8.13. The van der Waals surface area contributed by atoms with Crippen molar-refractivity contribution in [2.75, 3.05) is 11.9 Å². The first-order valence-electron chi connectivity index (χ1n) is 5.10. The van der Waals surface area contributed by atoms with Crippen molar-refractivity contribution < 1.29 is 4.92 Å². The van der Waals surface area contributed by atoms with E-state index in [4.69, 9.17) is 0 Å². The molecule has 0 saturated carbocycles. The van der Waals surface area contributed by atoms with Gasteiger partial charge in [0, 0.05) is 15.5 Å². The Morgan fingerprint density at radius 1 is 1.53 bits per heavy atom. The number of fused-ring (bicyclic) bond motifs is 1. The molecule has 88 valence electrons. The van der Waals surface area contributed by atoms with Crippen LogP contribution in [0.3, 0.4) is 0 Å². The zero-order valence-corrected chi connectivity index (χ0v) is 11.3. The summed E-state index contributed by atoms with van der Waals surface area (Å²) >= 11 is 2.18. The van der Waals surface area contributed by atoms with Crippen LogP contribution < -0.4 is 5.32 Å². The van der Waals surface area contributed by atoms with E-state index in [1.807, 2.05) is 25.1 Å². The zero-order chi connectivity index (χ0) is 12.4. The fourth-order valence-corrected chi connectivity index (χ4v) is 2.15. The van der Waals surface area contributed by atoms with E-state index in [-0.39, 0.29) is 5.69 Å². The summed E-state index contributed by atoms with van der Waals surface area (Å²) < 4.78 is 1.02. The van der Waals surface area contributed by atoms with E-state index in [0.717, 1.165) is 14.5 Å². The summed E-state index contributed by atoms with van der Waals surface area (Å²) in [6, 6.07) is 5.69. The maximum Gasteiger partial charge on any atom is 0.311 e. The Morgan fingerprint density at radius 2 is 2.29 bits per heavy atom. The molecular weight excluding hydrogens is 333 g/mol. The van der Waals surface area contributed by atoms with Gasteiger partial charge in [0.25, 0.3) is 0 Å². The molecular formula is C11H10IN3O2. The van der Waals surface area contributed by atoms with Crippen molar-refractivity contribution in [3.8, 4) is 0 Å². The molecule has 0 saturated heterocycles. The Balaban J connectivity index is 2.77. The van der Waals surface area contributed by atoms with E-state index < -0.39 is 4.92 Å². The average Bonchev–Trinajstić information content (AvgIpc) is 2.29. The lowest BCUT2D eigenvalue weighted by atomic mass is 10.1. The van der Waals surface area contributed by atoms with Gasteiger partial charge in [-0.1, -0.05) is 0 Å². The first kappa shape index (κ1) is 12.0. The molecule has 5 nitrogen and oxygen atoms in total. The van der Waals surface area contributed by atoms with Gasteiger partial charge in [0.1, 0.15) is 11.9 Å². The van der Waals surface area contributed by atoms with Crippen molar-refractivity contribution in [3.05, 3.63) is 38.1 Å². The monoisotopic (exact) mass is 343 g/mol. The van der Waals surface area contributed by atoms with Crippen LogP contribution in [0.15, 0.2) is 24.4 Å². The lowest BCUT2D eigenvalue weighted by Crippen LogP contribution is -2.03. The van der Waals surface area contributed by atoms with Crippen molar-refractivity contribution in [1.29, 1.82) is 0 Å². The van der Waals surface area contributed by atoms with E-state index in [1.54, 1.807) is 0 Å². The van der Waals surface area contributed by atoms with E-state index in [1.165, 1.54) is 6.20 Å². The summed E-state index contributed by atoms with van der Waals surface area (Å²) in [6.07, 6.45) is 1.30. The van der Waals surface area contributed by atoms with Crippen LogP contribution in [-0.2, 0) is 0 Å². The fourth-order valence-electron chi connectivity index (χ4n) is 1.66. The minimum atomic E-state index is -0.412. The molecule has 0 aliphatic heterocycles. The van der Waals surface area contributed by atoms with Crippen LogP contribution >= 0.6 is 22.6 Å². The van der Waals surface area contributed by atoms with Crippen LogP contribution in [0.1, 0.15) is 6.92 Å². The molecule has 2 aromatic rings. The van der Waals surface area contributed by atoms with Crippen LogP contribution in [0.25, 0.3) is 10.9 Å². The lowest BCUT2D eigenvalue weighted by Gasteiger charge is -2.08. The molecule has 0 amide bonds. The van der Waals surface area contributed by atoms with Crippen molar-refractivity contribution in [2.45, 2.75) is 6.92 Å². The Labute approximate surface area is 112 Å². The summed E-state index contributed by atoms with van der Waals surface area (Å²) in [6.45, 7) is 2.54. The largest absolute Gasteiger partial charge is 0.379 e. The smallest absolute Gasteiger partial charge is 0.311 e. The third-order valence-corrected chi connectivity index (χ3v) is 3.03. The van der Waals surface area contributed by atoms with Gasteiger partial charge in [-0.25, -0.2) is 4.98 Å². The van der Waals surface area contributed by atoms with Crippen molar-refractivity contribution in [2.24, 2.45) is 0 Å². The predicted octanol–water partition coefficient (Wildman–Crippen LogP) is 3.18. The number of hydrogen-bond donors (Lipinski definition) is 1. The van der Waals surface area contributed by atoms with Gasteiger partial charge in [-0.15, -0.1) is 0 Å². The number of nitrogens with zero attached hydrogens (tertiary/aromatic N) is 2. The van der Waals surface area contributed by atoms with E-state index >= 15 is 0 Å². The third-order valence-electron chi connectivity index (χ3n) is 2.36. The molecule has 0 unspecified atom stereocenters. The Morgan fingerprint density at radius 3 is 2.94 bits per heavy atom. The van der Waals surface area contributed by atoms with Gasteiger partial charge in [0.05, 0.1) is 10.4 Å². The van der Waals surface area contributed by atoms with Gasteiger partial charge in [-0.3, -0.25) is 10.1 Å². The van der Waals surface area contributed by atoms with Crippen LogP contribution in [0.4, 0.5) is 11.4 Å². The van der Waals surface area contributed by atoms with Crippen LogP contribution in [0.5, 0.6) is 0 Å². The van der Waals surface area contributed by atoms with Crippen LogP contribution in [0.2, 0.25) is 0 Å². The number of hydrogen-bond acceptors (Lipinski definition) is 4. The number of nitro groups is 1. The third kappa shape index (κ3) is 2.31. The second kappa shape index (κ2) is 4.82. The van der Waals surface area contributed by atoms with Gasteiger partial charge in [0.15, 0.2) is 0 Å². The summed E-state index contributed by atoms with van der Waals surface area (Å²) in [7, 11) is 0. The number of pyridine rings is 1. The normalized spacial score (nSPS) is 10.5. The van der Waals surface area contributed by atoms with Crippen LogP contribution in [-0.4, -0.2) is 16.5 Å². The summed E-state index contributed by atoms with van der Waals surface area (Å²) in [5.41, 5.74) is 1.31. The fraction of sp³-hybridized carbons (Fsp3) is 0.182. The summed E-state index contributed by atoms with van der Waals surface area (Å²) in [4.78, 5) is 14.6. The van der Waals surface area contributed by atoms with Gasteiger partial charge < -0.3 is 5.32 Å². The van der Waals surface area contributed by atoms with Gasteiger partial charge in [-0.05, 0) is 47.7 Å². The van der Waals surface area contributed by atoms with E-state index in [0.29, 0.717) is 12.2 Å². The van der Waals surface area contributed by atoms with Crippen molar-refractivity contribution >= 4 is 44.9 Å².